The van der Waals surface area contributed by atoms with Crippen LogP contribution in [0.5, 0.6) is 0 Å². The molecule has 1 fully saturated rings. The van der Waals surface area contributed by atoms with Gasteiger partial charge >= 0.3 is 0 Å². The van der Waals surface area contributed by atoms with Crippen LogP contribution in [0.1, 0.15) is 17.5 Å². The van der Waals surface area contributed by atoms with E-state index in [1.54, 1.807) is 0 Å². The molecule has 0 spiro atoms. The number of ether oxygens (including phenoxy) is 1. The lowest BCUT2D eigenvalue weighted by Crippen LogP contribution is -2.01. The zero-order valence-corrected chi connectivity index (χ0v) is 8.48. The van der Waals surface area contributed by atoms with Crippen LogP contribution in [0.25, 0.3) is 0 Å². The Morgan fingerprint density at radius 2 is 2.20 bits per heavy atom. The molecule has 0 unspecified atom stereocenters. The van der Waals surface area contributed by atoms with Crippen molar-refractivity contribution in [2.75, 3.05) is 13.2 Å². The molecule has 1 atom stereocenters. The van der Waals surface area contributed by atoms with E-state index in [4.69, 9.17) is 9.57 Å². The van der Waals surface area contributed by atoms with E-state index in [9.17, 15) is 0 Å². The van der Waals surface area contributed by atoms with Crippen LogP contribution in [0.2, 0.25) is 0 Å². The van der Waals surface area contributed by atoms with E-state index < -0.39 is 0 Å². The van der Waals surface area contributed by atoms with Gasteiger partial charge < -0.3 is 9.57 Å². The van der Waals surface area contributed by atoms with Gasteiger partial charge in [-0.2, -0.15) is 0 Å². The van der Waals surface area contributed by atoms with Crippen LogP contribution in [-0.4, -0.2) is 25.0 Å². The van der Waals surface area contributed by atoms with Crippen molar-refractivity contribution in [2.45, 2.75) is 18.9 Å². The summed E-state index contributed by atoms with van der Waals surface area (Å²) in [5.74, 6) is 0. The number of aryl methyl sites for hydroxylation is 1. The summed E-state index contributed by atoms with van der Waals surface area (Å²) in [4.78, 5) is 5.26. The number of benzene rings is 1. The van der Waals surface area contributed by atoms with Crippen molar-refractivity contribution in [3.8, 4) is 0 Å². The van der Waals surface area contributed by atoms with E-state index in [1.807, 2.05) is 6.07 Å². The highest BCUT2D eigenvalue weighted by atomic mass is 16.7. The fraction of sp³-hybridized carbons (Fsp3) is 0.417. The topological polar surface area (TPSA) is 34.1 Å². The minimum Gasteiger partial charge on any atom is -0.393 e. The second-order valence-corrected chi connectivity index (χ2v) is 3.95. The highest BCUT2D eigenvalue weighted by molar-refractivity contribution is 6.04. The fourth-order valence-electron chi connectivity index (χ4n) is 1.86. The van der Waals surface area contributed by atoms with Crippen molar-refractivity contribution in [1.82, 2.24) is 0 Å². The van der Waals surface area contributed by atoms with Gasteiger partial charge in [0, 0.05) is 5.56 Å². The van der Waals surface area contributed by atoms with Gasteiger partial charge in [-0.3, -0.25) is 0 Å². The Hall–Kier alpha value is -1.35. The van der Waals surface area contributed by atoms with Crippen LogP contribution in [0, 0.1) is 0 Å². The lowest BCUT2D eigenvalue weighted by Gasteiger charge is -1.99. The van der Waals surface area contributed by atoms with E-state index in [1.165, 1.54) is 11.1 Å². The minimum atomic E-state index is 0.283. The first kappa shape index (κ1) is 8.92. The quantitative estimate of drug-likeness (QED) is 0.554. The number of rotatable bonds is 3. The predicted octanol–water partition coefficient (Wildman–Crippen LogP) is 1.75. The molecule has 78 valence electrons. The molecule has 3 nitrogen and oxygen atoms in total. The van der Waals surface area contributed by atoms with Gasteiger partial charge in [-0.05, 0) is 18.4 Å². The Labute approximate surface area is 88.7 Å². The predicted molar refractivity (Wildman–Crippen MR) is 57.0 cm³/mol. The van der Waals surface area contributed by atoms with Gasteiger partial charge in [0.1, 0.15) is 12.7 Å². The van der Waals surface area contributed by atoms with Crippen LogP contribution >= 0.6 is 0 Å². The minimum absolute atomic E-state index is 0.283. The number of hydrogen-bond donors (Lipinski definition) is 0. The Bertz CT molecular complexity index is 396. The van der Waals surface area contributed by atoms with E-state index in [0.29, 0.717) is 6.61 Å². The van der Waals surface area contributed by atoms with Gasteiger partial charge in [-0.15, -0.1) is 0 Å². The summed E-state index contributed by atoms with van der Waals surface area (Å²) in [6.45, 7) is 1.41. The summed E-state index contributed by atoms with van der Waals surface area (Å²) >= 11 is 0. The number of hydrogen-bond acceptors (Lipinski definition) is 3. The van der Waals surface area contributed by atoms with Crippen molar-refractivity contribution in [1.29, 1.82) is 0 Å². The van der Waals surface area contributed by atoms with Crippen LogP contribution < -0.4 is 0 Å². The first-order valence-electron chi connectivity index (χ1n) is 5.32. The summed E-state index contributed by atoms with van der Waals surface area (Å²) in [5, 5.41) is 4.18. The average Bonchev–Trinajstić information content (AvgIpc) is 3.00. The second kappa shape index (κ2) is 3.66. The molecule has 1 aliphatic carbocycles. The van der Waals surface area contributed by atoms with Gasteiger partial charge in [-0.25, -0.2) is 0 Å². The SMILES string of the molecule is c1ccc2c(c1)CC/C2=N/OC[C@@H]1CO1. The van der Waals surface area contributed by atoms with Crippen molar-refractivity contribution < 1.29 is 9.57 Å². The summed E-state index contributed by atoms with van der Waals surface area (Å²) in [7, 11) is 0. The van der Waals surface area contributed by atoms with Crippen molar-refractivity contribution in [2.24, 2.45) is 5.16 Å². The molecular formula is C12H13NO2. The number of nitrogens with zero attached hydrogens (tertiary/aromatic N) is 1. The monoisotopic (exact) mass is 203 g/mol. The molecule has 0 aromatic heterocycles. The maximum Gasteiger partial charge on any atom is 0.145 e. The maximum atomic E-state index is 5.26. The van der Waals surface area contributed by atoms with Gasteiger partial charge in [0.15, 0.2) is 0 Å². The van der Waals surface area contributed by atoms with Crippen molar-refractivity contribution in [3.63, 3.8) is 0 Å². The number of fused-ring (bicyclic) bond motifs is 1. The summed E-state index contributed by atoms with van der Waals surface area (Å²) in [5.41, 5.74) is 3.70. The average molecular weight is 203 g/mol. The molecule has 1 aromatic carbocycles. The van der Waals surface area contributed by atoms with Crippen LogP contribution in [0.15, 0.2) is 29.4 Å². The van der Waals surface area contributed by atoms with Crippen molar-refractivity contribution >= 4 is 5.71 Å². The highest BCUT2D eigenvalue weighted by Crippen LogP contribution is 2.22. The molecule has 2 aliphatic rings. The Kier molecular flexibility index (Phi) is 2.18. The Morgan fingerprint density at radius 3 is 3.07 bits per heavy atom. The fourth-order valence-corrected chi connectivity index (χ4v) is 1.86. The summed E-state index contributed by atoms with van der Waals surface area (Å²) in [6, 6.07) is 8.38. The van der Waals surface area contributed by atoms with Gasteiger partial charge in [0.25, 0.3) is 0 Å². The molecule has 0 saturated carbocycles. The van der Waals surface area contributed by atoms with Crippen LogP contribution in [-0.2, 0) is 16.0 Å². The van der Waals surface area contributed by atoms with E-state index in [-0.39, 0.29) is 6.10 Å². The molecular weight excluding hydrogens is 190 g/mol. The first-order valence-corrected chi connectivity index (χ1v) is 5.32. The Morgan fingerprint density at radius 1 is 1.33 bits per heavy atom. The molecule has 0 N–H and O–H groups in total. The third-order valence-corrected chi connectivity index (χ3v) is 2.80. The normalized spacial score (nSPS) is 25.3. The second-order valence-electron chi connectivity index (χ2n) is 3.95. The molecule has 0 radical (unpaired) electrons. The lowest BCUT2D eigenvalue weighted by molar-refractivity contribution is 0.124. The molecule has 3 heteroatoms. The highest BCUT2D eigenvalue weighted by Gasteiger charge is 2.23. The smallest absolute Gasteiger partial charge is 0.145 e. The molecule has 1 heterocycles. The molecule has 1 saturated heterocycles. The van der Waals surface area contributed by atoms with Crippen LogP contribution in [0.4, 0.5) is 0 Å². The van der Waals surface area contributed by atoms with Crippen LogP contribution in [0.3, 0.4) is 0 Å². The Balaban J connectivity index is 1.71. The zero-order valence-electron chi connectivity index (χ0n) is 8.48. The van der Waals surface area contributed by atoms with Gasteiger partial charge in [0.05, 0.1) is 12.3 Å². The maximum absolute atomic E-state index is 5.26. The molecule has 3 rings (SSSR count). The standard InChI is InChI=1S/C12H13NO2/c1-2-4-11-9(3-1)5-6-12(11)13-15-8-10-7-14-10/h1-4,10H,5-8H2/b13-12-/t10-/m0/s1. The molecule has 0 bridgehead atoms. The van der Waals surface area contributed by atoms with E-state index in [2.05, 4.69) is 23.4 Å². The zero-order chi connectivity index (χ0) is 10.1. The largest absolute Gasteiger partial charge is 0.393 e. The number of oxime groups is 1. The van der Waals surface area contributed by atoms with E-state index >= 15 is 0 Å². The van der Waals surface area contributed by atoms with Crippen molar-refractivity contribution in [3.05, 3.63) is 35.4 Å². The van der Waals surface area contributed by atoms with Gasteiger partial charge in [-0.1, -0.05) is 29.4 Å². The molecule has 1 aromatic rings. The molecule has 0 amide bonds. The first-order chi connectivity index (χ1) is 7.43. The third kappa shape index (κ3) is 1.88. The number of epoxide rings is 1. The summed E-state index contributed by atoms with van der Waals surface area (Å²) in [6.07, 6.45) is 2.36. The molecule has 1 aliphatic heterocycles. The molecule has 15 heavy (non-hydrogen) atoms. The third-order valence-electron chi connectivity index (χ3n) is 2.80. The lowest BCUT2D eigenvalue weighted by atomic mass is 10.1. The van der Waals surface area contributed by atoms with E-state index in [0.717, 1.165) is 25.2 Å². The summed E-state index contributed by atoms with van der Waals surface area (Å²) < 4.78 is 5.05. The van der Waals surface area contributed by atoms with Gasteiger partial charge in [0.2, 0.25) is 0 Å².